The minimum absolute atomic E-state index is 0.0208. The predicted octanol–water partition coefficient (Wildman–Crippen LogP) is 2.55. The number of amides is 1. The summed E-state index contributed by atoms with van der Waals surface area (Å²) in [5.74, 6) is -3.42. The Bertz CT molecular complexity index is 1730. The van der Waals surface area contributed by atoms with Crippen LogP contribution in [0.4, 0.5) is 4.79 Å². The average Bonchev–Trinajstić information content (AvgIpc) is 3.11. The van der Waals surface area contributed by atoms with E-state index in [2.05, 4.69) is 5.32 Å². The SMILES string of the molecule is COC(=O)OC(C(=O)OC1CC2(O)CC3C4(O)COC4CC(O)[C@@]3(C)C(=O)C(O)C(=C1C)C2(C)C)C(NC(=O)c1ccccc1)c1ccccc1. The van der Waals surface area contributed by atoms with Crippen molar-refractivity contribution >= 4 is 23.8 Å². The van der Waals surface area contributed by atoms with Crippen LogP contribution in [0.2, 0.25) is 0 Å². The van der Waals surface area contributed by atoms with Crippen LogP contribution in [-0.4, -0.2) is 99.7 Å². The second-order valence-electron chi connectivity index (χ2n) is 15.0. The Morgan fingerprint density at radius 1 is 0.961 bits per heavy atom. The van der Waals surface area contributed by atoms with E-state index >= 15 is 0 Å². The lowest BCUT2D eigenvalue weighted by atomic mass is 9.46. The smallest absolute Gasteiger partial charge is 0.455 e. The molecule has 1 amide bonds. The van der Waals surface area contributed by atoms with Crippen LogP contribution in [0.25, 0.3) is 0 Å². The summed E-state index contributed by atoms with van der Waals surface area (Å²) in [5.41, 5.74) is -5.18. The standard InChI is InChI=1S/C38H45NO12/c1-20-23(17-37(46)18-24-36(4,25(40)16-26-38(24,47)19-49-26)31(42)29(41)27(20)35(37,2)3)50-33(44)30(51-34(45)48-5)28(21-12-8-6-9-13-21)39-32(43)22-14-10-7-11-15-22/h6-15,23-26,28-30,40-41,46-47H,16-19H2,1-5H3,(H,39,43)/t23?,24?,25?,26?,28?,29?,30?,36-,37?,38?/m0/s1. The van der Waals surface area contributed by atoms with Crippen LogP contribution in [0.5, 0.6) is 0 Å². The minimum atomic E-state index is -1.83. The molecule has 13 heteroatoms. The number of fused-ring (bicyclic) bond motifs is 5. The Kier molecular flexibility index (Phi) is 9.43. The van der Waals surface area contributed by atoms with Crippen molar-refractivity contribution in [1.29, 1.82) is 0 Å². The van der Waals surface area contributed by atoms with Gasteiger partial charge in [-0.2, -0.15) is 0 Å². The number of ether oxygens (including phenoxy) is 4. The molecule has 3 aliphatic carbocycles. The first-order valence-corrected chi connectivity index (χ1v) is 17.0. The molecule has 2 bridgehead atoms. The number of carbonyl (C=O) groups excluding carboxylic acids is 4. The summed E-state index contributed by atoms with van der Waals surface area (Å²) < 4.78 is 21.8. The van der Waals surface area contributed by atoms with Crippen molar-refractivity contribution in [2.45, 2.75) is 94.7 Å². The zero-order chi connectivity index (χ0) is 37.1. The van der Waals surface area contributed by atoms with Crippen molar-refractivity contribution in [3.63, 3.8) is 0 Å². The maximum absolute atomic E-state index is 14.3. The summed E-state index contributed by atoms with van der Waals surface area (Å²) in [6, 6.07) is 15.3. The molecule has 51 heavy (non-hydrogen) atoms. The van der Waals surface area contributed by atoms with Gasteiger partial charge in [-0.1, -0.05) is 62.4 Å². The van der Waals surface area contributed by atoms with Gasteiger partial charge in [0.25, 0.3) is 5.91 Å². The highest BCUT2D eigenvalue weighted by atomic mass is 16.7. The van der Waals surface area contributed by atoms with E-state index in [4.69, 9.17) is 18.9 Å². The van der Waals surface area contributed by atoms with Crippen LogP contribution in [0.3, 0.4) is 0 Å². The molecule has 3 fully saturated rings. The van der Waals surface area contributed by atoms with E-state index in [0.29, 0.717) is 5.56 Å². The van der Waals surface area contributed by atoms with Crippen molar-refractivity contribution in [1.82, 2.24) is 5.32 Å². The summed E-state index contributed by atoms with van der Waals surface area (Å²) >= 11 is 0. The molecular weight excluding hydrogens is 662 g/mol. The number of ketones is 1. The molecule has 6 rings (SSSR count). The van der Waals surface area contributed by atoms with Gasteiger partial charge < -0.3 is 44.7 Å². The highest BCUT2D eigenvalue weighted by molar-refractivity contribution is 5.95. The summed E-state index contributed by atoms with van der Waals surface area (Å²) in [6.45, 7) is 6.32. The fraction of sp³-hybridized carbons (Fsp3) is 0.526. The number of carbonyl (C=O) groups is 4. The maximum atomic E-state index is 14.3. The van der Waals surface area contributed by atoms with Crippen LogP contribution in [-0.2, 0) is 28.5 Å². The number of hydrogen-bond acceptors (Lipinski definition) is 12. The van der Waals surface area contributed by atoms with Gasteiger partial charge in [-0.3, -0.25) is 9.59 Å². The fourth-order valence-corrected chi connectivity index (χ4v) is 8.73. The monoisotopic (exact) mass is 707 g/mol. The molecule has 0 aromatic heterocycles. The molecule has 0 radical (unpaired) electrons. The number of esters is 1. The number of benzene rings is 2. The number of aliphatic hydroxyl groups is 4. The minimum Gasteiger partial charge on any atom is -0.455 e. The molecule has 274 valence electrons. The molecule has 4 aliphatic rings. The first kappa shape index (κ1) is 36.6. The lowest BCUT2D eigenvalue weighted by Crippen LogP contribution is -2.76. The van der Waals surface area contributed by atoms with E-state index in [1.165, 1.54) is 6.92 Å². The molecule has 1 aliphatic heterocycles. The number of rotatable bonds is 7. The van der Waals surface area contributed by atoms with E-state index in [1.54, 1.807) is 81.4 Å². The van der Waals surface area contributed by atoms with Gasteiger partial charge in [-0.25, -0.2) is 9.59 Å². The van der Waals surface area contributed by atoms with Crippen LogP contribution < -0.4 is 5.32 Å². The second-order valence-corrected chi connectivity index (χ2v) is 15.0. The molecule has 10 atom stereocenters. The third-order valence-corrected chi connectivity index (χ3v) is 12.1. The first-order valence-electron chi connectivity index (χ1n) is 17.0. The fourth-order valence-electron chi connectivity index (χ4n) is 8.73. The predicted molar refractivity (Wildman–Crippen MR) is 179 cm³/mol. The number of methoxy groups -OCH3 is 1. The molecule has 5 N–H and O–H groups in total. The van der Waals surface area contributed by atoms with Crippen molar-refractivity contribution in [2.75, 3.05) is 13.7 Å². The molecule has 9 unspecified atom stereocenters. The maximum Gasteiger partial charge on any atom is 0.508 e. The van der Waals surface area contributed by atoms with Gasteiger partial charge in [-0.05, 0) is 49.1 Å². The van der Waals surface area contributed by atoms with Gasteiger partial charge in [0.2, 0.25) is 6.10 Å². The quantitative estimate of drug-likeness (QED) is 0.209. The summed E-state index contributed by atoms with van der Waals surface area (Å²) in [6.07, 6.45) is -8.60. The van der Waals surface area contributed by atoms with Crippen LogP contribution >= 0.6 is 0 Å². The van der Waals surface area contributed by atoms with E-state index in [1.807, 2.05) is 0 Å². The summed E-state index contributed by atoms with van der Waals surface area (Å²) in [5, 5.41) is 50.3. The van der Waals surface area contributed by atoms with E-state index < -0.39 is 88.3 Å². The molecule has 2 aromatic rings. The van der Waals surface area contributed by atoms with Gasteiger partial charge in [0, 0.05) is 29.7 Å². The highest BCUT2D eigenvalue weighted by Gasteiger charge is 2.71. The number of aliphatic hydroxyl groups excluding tert-OH is 2. The van der Waals surface area contributed by atoms with Gasteiger partial charge >= 0.3 is 12.1 Å². The van der Waals surface area contributed by atoms with E-state index in [-0.39, 0.29) is 42.6 Å². The van der Waals surface area contributed by atoms with Crippen molar-refractivity contribution in [2.24, 2.45) is 16.7 Å². The Balaban J connectivity index is 1.40. The Morgan fingerprint density at radius 2 is 1.59 bits per heavy atom. The number of hydrogen-bond donors (Lipinski definition) is 5. The van der Waals surface area contributed by atoms with E-state index in [9.17, 15) is 39.6 Å². The second kappa shape index (κ2) is 13.1. The molecule has 1 heterocycles. The third-order valence-electron chi connectivity index (χ3n) is 12.1. The van der Waals surface area contributed by atoms with Crippen molar-refractivity contribution in [3.05, 3.63) is 82.9 Å². The van der Waals surface area contributed by atoms with E-state index in [0.717, 1.165) is 7.11 Å². The molecule has 13 nitrogen and oxygen atoms in total. The van der Waals surface area contributed by atoms with Gasteiger partial charge in [0.15, 0.2) is 5.78 Å². The van der Waals surface area contributed by atoms with Crippen molar-refractivity contribution < 1.29 is 58.6 Å². The molecule has 2 saturated carbocycles. The van der Waals surface area contributed by atoms with Gasteiger partial charge in [0.1, 0.15) is 23.9 Å². The lowest BCUT2D eigenvalue weighted by Gasteiger charge is -2.65. The normalized spacial score (nSPS) is 35.0. The largest absolute Gasteiger partial charge is 0.508 e. The van der Waals surface area contributed by atoms with Crippen LogP contribution in [0.15, 0.2) is 71.8 Å². The van der Waals surface area contributed by atoms with Crippen molar-refractivity contribution in [3.8, 4) is 0 Å². The Morgan fingerprint density at radius 3 is 2.18 bits per heavy atom. The number of Topliss-reactive ketones (excluding diaryl/α,β-unsaturated/α-hetero) is 1. The Labute approximate surface area is 295 Å². The molecule has 2 aromatic carbocycles. The third kappa shape index (κ3) is 5.84. The zero-order valence-electron chi connectivity index (χ0n) is 29.2. The van der Waals surface area contributed by atoms with Crippen LogP contribution in [0.1, 0.15) is 68.9 Å². The first-order chi connectivity index (χ1) is 24.0. The van der Waals surface area contributed by atoms with Crippen LogP contribution in [0, 0.1) is 16.7 Å². The topological polar surface area (TPSA) is 198 Å². The summed E-state index contributed by atoms with van der Waals surface area (Å²) in [7, 11) is 1.06. The summed E-state index contributed by atoms with van der Waals surface area (Å²) in [4.78, 5) is 54.5. The molecule has 1 saturated heterocycles. The lowest BCUT2D eigenvalue weighted by molar-refractivity contribution is -0.323. The zero-order valence-corrected chi connectivity index (χ0v) is 29.2. The average molecular weight is 708 g/mol. The molecular formula is C38H45NO12. The molecule has 0 spiro atoms. The number of nitrogens with one attached hydrogen (secondary N) is 1. The Hall–Kier alpha value is -4.14. The van der Waals surface area contributed by atoms with Gasteiger partial charge in [-0.15, -0.1) is 0 Å². The highest BCUT2D eigenvalue weighted by Crippen LogP contribution is 2.62. The van der Waals surface area contributed by atoms with Gasteiger partial charge in [0.05, 0.1) is 36.9 Å².